The average Bonchev–Trinajstić information content (AvgIpc) is 3.00. The molecule has 3 aliphatic rings. The summed E-state index contributed by atoms with van der Waals surface area (Å²) < 4.78 is 0. The smallest absolute Gasteiger partial charge is 0.241 e. The Balaban J connectivity index is 1.52. The van der Waals surface area contributed by atoms with Crippen molar-refractivity contribution in [3.63, 3.8) is 0 Å². The van der Waals surface area contributed by atoms with Crippen LogP contribution in [0.4, 0.5) is 0 Å². The largest absolute Gasteiger partial charge is 0.384 e. The average molecular weight is 372 g/mol. The monoisotopic (exact) mass is 371 g/mol. The first kappa shape index (κ1) is 18.9. The van der Waals surface area contributed by atoms with Gasteiger partial charge in [0.25, 0.3) is 0 Å². The number of nitrogens with zero attached hydrogens (tertiary/aromatic N) is 2. The summed E-state index contributed by atoms with van der Waals surface area (Å²) in [6, 6.07) is 10.3. The molecule has 0 unspecified atom stereocenters. The van der Waals surface area contributed by atoms with Crippen molar-refractivity contribution in [3.05, 3.63) is 35.9 Å². The predicted molar refractivity (Wildman–Crippen MR) is 106 cm³/mol. The van der Waals surface area contributed by atoms with Crippen molar-refractivity contribution in [1.29, 1.82) is 0 Å². The van der Waals surface area contributed by atoms with Crippen LogP contribution in [0.25, 0.3) is 0 Å². The van der Waals surface area contributed by atoms with E-state index < -0.39 is 5.60 Å². The summed E-state index contributed by atoms with van der Waals surface area (Å²) in [4.78, 5) is 17.5. The summed E-state index contributed by atoms with van der Waals surface area (Å²) in [5, 5.41) is 14.7. The molecule has 1 aliphatic carbocycles. The van der Waals surface area contributed by atoms with Crippen LogP contribution >= 0.6 is 0 Å². The first-order valence-electron chi connectivity index (χ1n) is 10.7. The number of likely N-dealkylation sites (tertiary alicyclic amines) is 1. The zero-order chi connectivity index (χ0) is 18.9. The number of benzene rings is 1. The number of aliphatic hydroxyl groups is 1. The minimum absolute atomic E-state index is 0.148. The van der Waals surface area contributed by atoms with Crippen molar-refractivity contribution in [2.75, 3.05) is 26.3 Å². The molecule has 2 atom stereocenters. The van der Waals surface area contributed by atoms with Crippen molar-refractivity contribution < 1.29 is 9.90 Å². The van der Waals surface area contributed by atoms with Crippen LogP contribution in [-0.4, -0.2) is 58.7 Å². The molecule has 0 radical (unpaired) electrons. The Morgan fingerprint density at radius 3 is 2.59 bits per heavy atom. The third kappa shape index (κ3) is 3.20. The number of carbonyl (C=O) groups is 1. The molecule has 1 spiro atoms. The Kier molecular flexibility index (Phi) is 5.28. The number of amides is 1. The van der Waals surface area contributed by atoms with Gasteiger partial charge in [0.1, 0.15) is 11.1 Å². The van der Waals surface area contributed by atoms with Crippen LogP contribution < -0.4 is 5.32 Å². The third-order valence-electron chi connectivity index (χ3n) is 7.13. The number of hydrogen-bond donors (Lipinski definition) is 2. The van der Waals surface area contributed by atoms with Crippen molar-refractivity contribution in [2.24, 2.45) is 0 Å². The van der Waals surface area contributed by atoms with E-state index in [2.05, 4.69) is 34.2 Å². The third-order valence-corrected chi connectivity index (χ3v) is 7.13. The molecule has 2 heterocycles. The van der Waals surface area contributed by atoms with Gasteiger partial charge in [-0.05, 0) is 37.7 Å². The zero-order valence-corrected chi connectivity index (χ0v) is 16.5. The molecule has 1 aromatic carbocycles. The lowest BCUT2D eigenvalue weighted by atomic mass is 9.73. The second kappa shape index (κ2) is 7.53. The fourth-order valence-corrected chi connectivity index (χ4v) is 5.62. The summed E-state index contributed by atoms with van der Waals surface area (Å²) in [6.45, 7) is 5.59. The van der Waals surface area contributed by atoms with Gasteiger partial charge < -0.3 is 10.4 Å². The number of hydrogen-bond acceptors (Lipinski definition) is 4. The lowest BCUT2D eigenvalue weighted by molar-refractivity contribution is -0.132. The highest BCUT2D eigenvalue weighted by Crippen LogP contribution is 2.42. The topological polar surface area (TPSA) is 55.8 Å². The minimum Gasteiger partial charge on any atom is -0.384 e. The lowest BCUT2D eigenvalue weighted by Gasteiger charge is -2.50. The summed E-state index contributed by atoms with van der Waals surface area (Å²) >= 11 is 0. The molecule has 2 aliphatic heterocycles. The maximum absolute atomic E-state index is 12.6. The van der Waals surface area contributed by atoms with Gasteiger partial charge in [-0.25, -0.2) is 0 Å². The molecule has 5 nitrogen and oxygen atoms in total. The molecule has 2 N–H and O–H groups in total. The first-order chi connectivity index (χ1) is 13.1. The fraction of sp³-hybridized carbons (Fsp3) is 0.682. The summed E-state index contributed by atoms with van der Waals surface area (Å²) in [5.74, 6) is 0.206. The Hall–Kier alpha value is -1.43. The fourth-order valence-electron chi connectivity index (χ4n) is 5.62. The maximum atomic E-state index is 12.6. The van der Waals surface area contributed by atoms with Crippen LogP contribution in [0.2, 0.25) is 0 Å². The molecule has 1 aromatic rings. The molecular formula is C22H33N3O2. The molecule has 4 rings (SSSR count). The number of rotatable bonds is 4. The lowest BCUT2D eigenvalue weighted by Crippen LogP contribution is -2.61. The van der Waals surface area contributed by atoms with Gasteiger partial charge in [-0.15, -0.1) is 0 Å². The van der Waals surface area contributed by atoms with Crippen molar-refractivity contribution in [1.82, 2.24) is 15.1 Å². The van der Waals surface area contributed by atoms with Crippen LogP contribution in [0.1, 0.15) is 57.4 Å². The zero-order valence-electron chi connectivity index (χ0n) is 16.5. The van der Waals surface area contributed by atoms with Crippen molar-refractivity contribution in [2.45, 2.75) is 69.1 Å². The minimum atomic E-state index is -0.773. The summed E-state index contributed by atoms with van der Waals surface area (Å²) in [5.41, 5.74) is -0.0573. The normalized spacial score (nSPS) is 31.9. The van der Waals surface area contributed by atoms with Gasteiger partial charge in [0, 0.05) is 25.7 Å². The predicted octanol–water partition coefficient (Wildman–Crippen LogP) is 2.45. The number of nitrogens with one attached hydrogen (secondary N) is 1. The van der Waals surface area contributed by atoms with Crippen LogP contribution in [-0.2, 0) is 10.4 Å². The van der Waals surface area contributed by atoms with E-state index in [1.165, 1.54) is 6.42 Å². The Labute approximate surface area is 162 Å². The van der Waals surface area contributed by atoms with Gasteiger partial charge >= 0.3 is 0 Å². The molecule has 3 fully saturated rings. The Morgan fingerprint density at radius 1 is 1.15 bits per heavy atom. The Bertz CT molecular complexity index is 657. The van der Waals surface area contributed by atoms with E-state index in [1.54, 1.807) is 0 Å². The molecule has 1 amide bonds. The van der Waals surface area contributed by atoms with E-state index >= 15 is 0 Å². The highest BCUT2D eigenvalue weighted by molar-refractivity contribution is 5.88. The van der Waals surface area contributed by atoms with Crippen molar-refractivity contribution >= 4 is 5.91 Å². The van der Waals surface area contributed by atoms with Crippen LogP contribution in [0, 0.1) is 0 Å². The van der Waals surface area contributed by atoms with Crippen molar-refractivity contribution in [3.8, 4) is 0 Å². The van der Waals surface area contributed by atoms with Crippen LogP contribution in [0.5, 0.6) is 0 Å². The highest BCUT2D eigenvalue weighted by atomic mass is 16.3. The SMILES string of the molecule is CCCN1CNC(=O)C12CCN([C@@H]1CCCC[C@@]1(O)c1ccccc1)CC2. The number of piperidine rings is 1. The van der Waals surface area contributed by atoms with Gasteiger partial charge in [0.2, 0.25) is 5.91 Å². The summed E-state index contributed by atoms with van der Waals surface area (Å²) in [6.07, 6.45) is 6.89. The van der Waals surface area contributed by atoms with Crippen LogP contribution in [0.3, 0.4) is 0 Å². The standard InChI is InChI=1S/C22H33N3O2/c1-2-14-25-17-23-20(26)21(25)12-15-24(16-13-21)19-10-6-7-11-22(19,27)18-8-4-3-5-9-18/h3-5,8-9,19,27H,2,6-7,10-17H2,1H3,(H,23,26)/t19-,22-/m1/s1. The summed E-state index contributed by atoms with van der Waals surface area (Å²) in [7, 11) is 0. The van der Waals surface area contributed by atoms with Crippen LogP contribution in [0.15, 0.2) is 30.3 Å². The van der Waals surface area contributed by atoms with E-state index in [4.69, 9.17) is 0 Å². The van der Waals surface area contributed by atoms with E-state index in [-0.39, 0.29) is 17.5 Å². The second-order valence-electron chi connectivity index (χ2n) is 8.55. The van der Waals surface area contributed by atoms with E-state index in [0.717, 1.165) is 63.7 Å². The first-order valence-corrected chi connectivity index (χ1v) is 10.7. The van der Waals surface area contributed by atoms with Gasteiger partial charge in [-0.1, -0.05) is 50.1 Å². The molecule has 27 heavy (non-hydrogen) atoms. The van der Waals surface area contributed by atoms with Gasteiger partial charge in [-0.2, -0.15) is 0 Å². The molecule has 0 bridgehead atoms. The van der Waals surface area contributed by atoms with Gasteiger partial charge in [0.15, 0.2) is 0 Å². The molecule has 2 saturated heterocycles. The maximum Gasteiger partial charge on any atom is 0.241 e. The Morgan fingerprint density at radius 2 is 1.89 bits per heavy atom. The molecule has 0 aromatic heterocycles. The quantitative estimate of drug-likeness (QED) is 0.854. The van der Waals surface area contributed by atoms with E-state index in [9.17, 15) is 9.90 Å². The molecular weight excluding hydrogens is 338 g/mol. The van der Waals surface area contributed by atoms with E-state index in [0.29, 0.717) is 6.67 Å². The number of carbonyl (C=O) groups excluding carboxylic acids is 1. The van der Waals surface area contributed by atoms with E-state index in [1.807, 2.05) is 18.2 Å². The highest BCUT2D eigenvalue weighted by Gasteiger charge is 2.52. The molecule has 148 valence electrons. The van der Waals surface area contributed by atoms with Gasteiger partial charge in [-0.3, -0.25) is 14.6 Å². The molecule has 5 heteroatoms. The van der Waals surface area contributed by atoms with Gasteiger partial charge in [0.05, 0.1) is 6.67 Å². The molecule has 1 saturated carbocycles. The second-order valence-corrected chi connectivity index (χ2v) is 8.55.